The highest BCUT2D eigenvalue weighted by Gasteiger charge is 2.30. The number of amides is 1. The number of benzene rings is 2. The lowest BCUT2D eigenvalue weighted by Gasteiger charge is -2.34. The van der Waals surface area contributed by atoms with Crippen molar-refractivity contribution >= 4 is 5.91 Å². The van der Waals surface area contributed by atoms with Crippen LogP contribution in [0.25, 0.3) is 0 Å². The number of aromatic nitrogens is 2. The Balaban J connectivity index is 1.49. The van der Waals surface area contributed by atoms with Crippen LogP contribution in [-0.4, -0.2) is 58.8 Å². The third-order valence-electron chi connectivity index (χ3n) is 5.42. The van der Waals surface area contributed by atoms with Crippen molar-refractivity contribution in [2.24, 2.45) is 0 Å². The maximum atomic E-state index is 13.4. The van der Waals surface area contributed by atoms with E-state index in [1.54, 1.807) is 0 Å². The first kappa shape index (κ1) is 20.3. The number of carbonyl (C=O) groups excluding carboxylic acids is 1. The topological polar surface area (TPSA) is 50.6 Å². The summed E-state index contributed by atoms with van der Waals surface area (Å²) in [4.78, 5) is 17.4. The van der Waals surface area contributed by atoms with E-state index in [0.717, 1.165) is 17.7 Å². The van der Waals surface area contributed by atoms with Crippen LogP contribution in [-0.2, 0) is 22.6 Å². The lowest BCUT2D eigenvalue weighted by molar-refractivity contribution is -0.141. The number of likely N-dealkylation sites (N-methyl/N-ethyl adjacent to an activating group) is 1. The molecular weight excluding hydrogens is 376 g/mol. The van der Waals surface area contributed by atoms with Gasteiger partial charge in [-0.3, -0.25) is 14.4 Å². The van der Waals surface area contributed by atoms with Gasteiger partial charge in [-0.15, -0.1) is 0 Å². The Labute approximate surface area is 177 Å². The van der Waals surface area contributed by atoms with E-state index in [2.05, 4.69) is 28.3 Å². The first-order valence-corrected chi connectivity index (χ1v) is 10.4. The Hall–Kier alpha value is -2.96. The number of nitrogens with zero attached hydrogens (tertiary/aromatic N) is 4. The van der Waals surface area contributed by atoms with Crippen molar-refractivity contribution in [3.8, 4) is 0 Å². The first-order valence-electron chi connectivity index (χ1n) is 10.4. The molecular formula is C24H28N4O2. The second-order valence-corrected chi connectivity index (χ2v) is 7.70. The van der Waals surface area contributed by atoms with Gasteiger partial charge in [0.2, 0.25) is 5.91 Å². The van der Waals surface area contributed by atoms with Crippen LogP contribution in [0.3, 0.4) is 0 Å². The first-order chi connectivity index (χ1) is 14.7. The summed E-state index contributed by atoms with van der Waals surface area (Å²) in [7, 11) is 2.00. The van der Waals surface area contributed by atoms with E-state index in [0.29, 0.717) is 32.8 Å². The predicted molar refractivity (Wildman–Crippen MR) is 116 cm³/mol. The summed E-state index contributed by atoms with van der Waals surface area (Å²) in [6.45, 7) is 3.87. The van der Waals surface area contributed by atoms with Gasteiger partial charge in [0.1, 0.15) is 6.04 Å². The standard InChI is InChI=1S/C24H28N4O2/c1-26(17-21-16-25-28(19-21)18-20-8-4-2-5-9-20)23(22-10-6-3-7-11-22)24(29)27-12-14-30-15-13-27/h2-11,16,19,23H,12-15,17-18H2,1H3. The molecule has 1 atom stereocenters. The van der Waals surface area contributed by atoms with Gasteiger partial charge in [-0.05, 0) is 18.2 Å². The monoisotopic (exact) mass is 404 g/mol. The van der Waals surface area contributed by atoms with Crippen molar-refractivity contribution in [2.75, 3.05) is 33.4 Å². The highest BCUT2D eigenvalue weighted by molar-refractivity contribution is 5.83. The molecule has 2 aromatic carbocycles. The summed E-state index contributed by atoms with van der Waals surface area (Å²) in [5, 5.41) is 4.51. The largest absolute Gasteiger partial charge is 0.378 e. The SMILES string of the molecule is CN(Cc1cnn(Cc2ccccc2)c1)C(C(=O)N1CCOCC1)c1ccccc1. The molecule has 0 saturated carbocycles. The average molecular weight is 405 g/mol. The fraction of sp³-hybridized carbons (Fsp3) is 0.333. The molecule has 0 aliphatic carbocycles. The number of morpholine rings is 1. The Morgan fingerprint density at radius 2 is 1.70 bits per heavy atom. The summed E-state index contributed by atoms with van der Waals surface area (Å²) in [6.07, 6.45) is 3.95. The molecule has 1 aromatic heterocycles. The van der Waals surface area contributed by atoms with Gasteiger partial charge in [-0.1, -0.05) is 60.7 Å². The van der Waals surface area contributed by atoms with E-state index in [1.165, 1.54) is 5.56 Å². The summed E-state index contributed by atoms with van der Waals surface area (Å²) in [6, 6.07) is 20.0. The molecule has 0 spiro atoms. The van der Waals surface area contributed by atoms with Gasteiger partial charge in [-0.25, -0.2) is 0 Å². The van der Waals surface area contributed by atoms with Crippen molar-refractivity contribution < 1.29 is 9.53 Å². The van der Waals surface area contributed by atoms with Crippen LogP contribution in [0.4, 0.5) is 0 Å². The Morgan fingerprint density at radius 1 is 1.03 bits per heavy atom. The van der Waals surface area contributed by atoms with Crippen LogP contribution in [0.15, 0.2) is 73.1 Å². The molecule has 0 radical (unpaired) electrons. The number of ether oxygens (including phenoxy) is 1. The maximum Gasteiger partial charge on any atom is 0.244 e. The fourth-order valence-electron chi connectivity index (χ4n) is 3.90. The molecule has 156 valence electrons. The smallest absolute Gasteiger partial charge is 0.244 e. The van der Waals surface area contributed by atoms with Crippen LogP contribution in [0, 0.1) is 0 Å². The quantitative estimate of drug-likeness (QED) is 0.608. The van der Waals surface area contributed by atoms with Crippen molar-refractivity contribution in [3.63, 3.8) is 0 Å². The second kappa shape index (κ2) is 9.69. The minimum atomic E-state index is -0.332. The number of hydrogen-bond donors (Lipinski definition) is 0. The molecule has 0 bridgehead atoms. The zero-order valence-corrected chi connectivity index (χ0v) is 17.4. The molecule has 2 heterocycles. The minimum Gasteiger partial charge on any atom is -0.378 e. The summed E-state index contributed by atoms with van der Waals surface area (Å²) >= 11 is 0. The van der Waals surface area contributed by atoms with Crippen molar-refractivity contribution in [3.05, 3.63) is 89.7 Å². The van der Waals surface area contributed by atoms with Crippen LogP contribution in [0.5, 0.6) is 0 Å². The van der Waals surface area contributed by atoms with Crippen molar-refractivity contribution in [1.82, 2.24) is 19.6 Å². The molecule has 6 heteroatoms. The van der Waals surface area contributed by atoms with Crippen LogP contribution in [0.2, 0.25) is 0 Å². The zero-order chi connectivity index (χ0) is 20.8. The summed E-state index contributed by atoms with van der Waals surface area (Å²) in [5.74, 6) is 0.128. The van der Waals surface area contributed by atoms with E-state index in [-0.39, 0.29) is 11.9 Å². The predicted octanol–water partition coefficient (Wildman–Crippen LogP) is 2.96. The molecule has 1 fully saturated rings. The lowest BCUT2D eigenvalue weighted by atomic mass is 10.0. The number of rotatable bonds is 7. The van der Waals surface area contributed by atoms with E-state index < -0.39 is 0 Å². The number of carbonyl (C=O) groups is 1. The Morgan fingerprint density at radius 3 is 2.40 bits per heavy atom. The van der Waals surface area contributed by atoms with Gasteiger partial charge < -0.3 is 9.64 Å². The lowest BCUT2D eigenvalue weighted by Crippen LogP contribution is -2.46. The molecule has 1 unspecified atom stereocenters. The van der Waals surface area contributed by atoms with Gasteiger partial charge in [0.15, 0.2) is 0 Å². The molecule has 6 nitrogen and oxygen atoms in total. The highest BCUT2D eigenvalue weighted by atomic mass is 16.5. The maximum absolute atomic E-state index is 13.4. The van der Waals surface area contributed by atoms with Crippen LogP contribution in [0.1, 0.15) is 22.7 Å². The Kier molecular flexibility index (Phi) is 6.57. The van der Waals surface area contributed by atoms with E-state index in [4.69, 9.17) is 4.74 Å². The van der Waals surface area contributed by atoms with Crippen LogP contribution >= 0.6 is 0 Å². The summed E-state index contributed by atoms with van der Waals surface area (Å²) < 4.78 is 7.37. The molecule has 4 rings (SSSR count). The highest BCUT2D eigenvalue weighted by Crippen LogP contribution is 2.24. The zero-order valence-electron chi connectivity index (χ0n) is 17.4. The molecule has 1 aliphatic heterocycles. The Bertz CT molecular complexity index is 936. The minimum absolute atomic E-state index is 0.128. The van der Waals surface area contributed by atoms with Crippen LogP contribution < -0.4 is 0 Å². The molecule has 30 heavy (non-hydrogen) atoms. The normalized spacial score (nSPS) is 15.3. The molecule has 1 amide bonds. The summed E-state index contributed by atoms with van der Waals surface area (Å²) in [5.41, 5.74) is 3.31. The third kappa shape index (κ3) is 4.96. The van der Waals surface area contributed by atoms with Gasteiger partial charge in [0.25, 0.3) is 0 Å². The van der Waals surface area contributed by atoms with Gasteiger partial charge >= 0.3 is 0 Å². The van der Waals surface area contributed by atoms with Gasteiger partial charge in [-0.2, -0.15) is 5.10 Å². The van der Waals surface area contributed by atoms with E-state index in [1.807, 2.05) is 71.4 Å². The van der Waals surface area contributed by atoms with Gasteiger partial charge in [0, 0.05) is 31.4 Å². The van der Waals surface area contributed by atoms with Crippen molar-refractivity contribution in [2.45, 2.75) is 19.1 Å². The van der Waals surface area contributed by atoms with Gasteiger partial charge in [0.05, 0.1) is 26.0 Å². The third-order valence-corrected chi connectivity index (χ3v) is 5.42. The second-order valence-electron chi connectivity index (χ2n) is 7.70. The average Bonchev–Trinajstić information content (AvgIpc) is 3.22. The molecule has 0 N–H and O–H groups in total. The number of hydrogen-bond acceptors (Lipinski definition) is 4. The molecule has 1 saturated heterocycles. The van der Waals surface area contributed by atoms with Crippen molar-refractivity contribution in [1.29, 1.82) is 0 Å². The van der Waals surface area contributed by atoms with E-state index in [9.17, 15) is 4.79 Å². The molecule has 3 aromatic rings. The molecule has 1 aliphatic rings. The fourth-order valence-corrected chi connectivity index (χ4v) is 3.90. The van der Waals surface area contributed by atoms with E-state index >= 15 is 0 Å².